The number of hydrogen-bond acceptors (Lipinski definition) is 1. The summed E-state index contributed by atoms with van der Waals surface area (Å²) in [7, 11) is 0. The van der Waals surface area contributed by atoms with Gasteiger partial charge >= 0.3 is 0 Å². The number of ketones is 1. The van der Waals surface area contributed by atoms with Crippen molar-refractivity contribution in [2.75, 3.05) is 0 Å². The second kappa shape index (κ2) is 4.97. The van der Waals surface area contributed by atoms with Crippen LogP contribution >= 0.6 is 15.9 Å². The first-order valence-electron chi connectivity index (χ1n) is 4.38. The second-order valence-electron chi connectivity index (χ2n) is 3.09. The molecule has 0 radical (unpaired) electrons. The Labute approximate surface area is 92.6 Å². The highest BCUT2D eigenvalue weighted by atomic mass is 79.9. The van der Waals surface area contributed by atoms with Gasteiger partial charge in [-0.3, -0.25) is 4.79 Å². The molecule has 72 valence electrons. The van der Waals surface area contributed by atoms with Gasteiger partial charge in [0.2, 0.25) is 0 Å². The van der Waals surface area contributed by atoms with E-state index in [0.29, 0.717) is 12.8 Å². The maximum absolute atomic E-state index is 11.6. The average Bonchev–Trinajstić information content (AvgIpc) is 2.18. The van der Waals surface area contributed by atoms with Gasteiger partial charge in [-0.05, 0) is 24.6 Å². The number of Topliss-reactive ketones (excluding diaryl/α,β-unsaturated/α-hetero) is 1. The molecule has 0 heterocycles. The van der Waals surface area contributed by atoms with Crippen LogP contribution in [0.2, 0.25) is 0 Å². The minimum Gasteiger partial charge on any atom is -0.294 e. The van der Waals surface area contributed by atoms with Crippen LogP contribution in [0.15, 0.2) is 22.7 Å². The fourth-order valence-electron chi connectivity index (χ4n) is 1.15. The summed E-state index contributed by atoms with van der Waals surface area (Å²) in [5.74, 6) is 2.57. The molecule has 14 heavy (non-hydrogen) atoms. The highest BCUT2D eigenvalue weighted by molar-refractivity contribution is 9.10. The third kappa shape index (κ3) is 2.71. The van der Waals surface area contributed by atoms with Crippen LogP contribution in [-0.4, -0.2) is 5.78 Å². The van der Waals surface area contributed by atoms with E-state index in [-0.39, 0.29) is 5.78 Å². The highest BCUT2D eigenvalue weighted by Crippen LogP contribution is 2.18. The van der Waals surface area contributed by atoms with Crippen molar-refractivity contribution >= 4 is 21.7 Å². The van der Waals surface area contributed by atoms with Crippen molar-refractivity contribution < 1.29 is 4.79 Å². The van der Waals surface area contributed by atoms with Crippen LogP contribution in [0.4, 0.5) is 0 Å². The topological polar surface area (TPSA) is 17.1 Å². The van der Waals surface area contributed by atoms with E-state index in [1.54, 1.807) is 0 Å². The third-order valence-corrected chi connectivity index (χ3v) is 2.87. The molecule has 1 aromatic rings. The number of terminal acetylenes is 1. The van der Waals surface area contributed by atoms with Gasteiger partial charge in [-0.1, -0.05) is 22.0 Å². The molecule has 0 fully saturated rings. The summed E-state index contributed by atoms with van der Waals surface area (Å²) in [4.78, 5) is 11.6. The molecule has 0 aromatic heterocycles. The van der Waals surface area contributed by atoms with Gasteiger partial charge in [-0.15, -0.1) is 12.3 Å². The van der Waals surface area contributed by atoms with Gasteiger partial charge in [-0.2, -0.15) is 0 Å². The summed E-state index contributed by atoms with van der Waals surface area (Å²) in [5, 5.41) is 0. The van der Waals surface area contributed by atoms with E-state index in [1.807, 2.05) is 25.1 Å². The lowest BCUT2D eigenvalue weighted by Crippen LogP contribution is -1.98. The lowest BCUT2D eigenvalue weighted by Gasteiger charge is -2.02. The maximum atomic E-state index is 11.6. The Bertz CT molecular complexity index is 388. The van der Waals surface area contributed by atoms with Gasteiger partial charge in [0.05, 0.1) is 0 Å². The summed E-state index contributed by atoms with van der Waals surface area (Å²) < 4.78 is 1.02. The Kier molecular flexibility index (Phi) is 3.91. The van der Waals surface area contributed by atoms with Crippen molar-refractivity contribution in [3.63, 3.8) is 0 Å². The lowest BCUT2D eigenvalue weighted by atomic mass is 10.0. The van der Waals surface area contributed by atoms with E-state index in [2.05, 4.69) is 21.9 Å². The first kappa shape index (κ1) is 11.0. The van der Waals surface area contributed by atoms with Crippen LogP contribution < -0.4 is 0 Å². The highest BCUT2D eigenvalue weighted by Gasteiger charge is 2.05. The van der Waals surface area contributed by atoms with E-state index >= 15 is 0 Å². The van der Waals surface area contributed by atoms with Gasteiger partial charge in [0, 0.05) is 22.9 Å². The van der Waals surface area contributed by atoms with Crippen molar-refractivity contribution in [1.29, 1.82) is 0 Å². The van der Waals surface area contributed by atoms with Crippen LogP contribution in [0.5, 0.6) is 0 Å². The fraction of sp³-hybridized carbons (Fsp3) is 0.250. The number of rotatable bonds is 3. The Morgan fingerprint density at radius 2 is 2.29 bits per heavy atom. The predicted octanol–water partition coefficient (Wildman–Crippen LogP) is 3.35. The zero-order chi connectivity index (χ0) is 10.6. The van der Waals surface area contributed by atoms with Crippen molar-refractivity contribution in [2.45, 2.75) is 19.8 Å². The van der Waals surface area contributed by atoms with Crippen LogP contribution in [-0.2, 0) is 0 Å². The molecule has 0 saturated heterocycles. The minimum atomic E-state index is 0.110. The summed E-state index contributed by atoms with van der Waals surface area (Å²) in [6, 6.07) is 5.58. The monoisotopic (exact) mass is 250 g/mol. The SMILES string of the molecule is C#CCCC(=O)c1ccc(Br)c(C)c1. The largest absolute Gasteiger partial charge is 0.294 e. The fourth-order valence-corrected chi connectivity index (χ4v) is 1.39. The lowest BCUT2D eigenvalue weighted by molar-refractivity contribution is 0.0984. The van der Waals surface area contributed by atoms with Crippen molar-refractivity contribution in [3.05, 3.63) is 33.8 Å². The first-order chi connectivity index (χ1) is 6.65. The van der Waals surface area contributed by atoms with Crippen LogP contribution in [0.3, 0.4) is 0 Å². The zero-order valence-electron chi connectivity index (χ0n) is 8.01. The molecule has 0 spiro atoms. The molecule has 1 rings (SSSR count). The molecule has 0 amide bonds. The summed E-state index contributed by atoms with van der Waals surface area (Å²) in [6.45, 7) is 1.96. The quantitative estimate of drug-likeness (QED) is 0.594. The van der Waals surface area contributed by atoms with E-state index < -0.39 is 0 Å². The number of carbonyl (C=O) groups excluding carboxylic acids is 1. The molecule has 0 saturated carbocycles. The standard InChI is InChI=1S/C12H11BrO/c1-3-4-5-12(14)10-6-7-11(13)9(2)8-10/h1,6-8H,4-5H2,2H3. The number of carbonyl (C=O) groups is 1. The molecule has 0 unspecified atom stereocenters. The van der Waals surface area contributed by atoms with Crippen molar-refractivity contribution in [1.82, 2.24) is 0 Å². The predicted molar refractivity (Wildman–Crippen MR) is 61.3 cm³/mol. The van der Waals surface area contributed by atoms with Crippen LogP contribution in [0.25, 0.3) is 0 Å². The Morgan fingerprint density at radius 1 is 1.57 bits per heavy atom. The molecule has 1 aromatic carbocycles. The number of benzene rings is 1. The summed E-state index contributed by atoms with van der Waals surface area (Å²) in [5.41, 5.74) is 1.80. The molecule has 0 aliphatic carbocycles. The van der Waals surface area contributed by atoms with E-state index in [1.165, 1.54) is 0 Å². The second-order valence-corrected chi connectivity index (χ2v) is 3.95. The summed E-state index contributed by atoms with van der Waals surface area (Å²) in [6.07, 6.45) is 6.04. The van der Waals surface area contributed by atoms with Gasteiger partial charge < -0.3 is 0 Å². The van der Waals surface area contributed by atoms with Gasteiger partial charge in [-0.25, -0.2) is 0 Å². The molecular formula is C12H11BrO. The van der Waals surface area contributed by atoms with Crippen LogP contribution in [0, 0.1) is 19.3 Å². The number of hydrogen-bond donors (Lipinski definition) is 0. The summed E-state index contributed by atoms with van der Waals surface area (Å²) >= 11 is 3.39. The minimum absolute atomic E-state index is 0.110. The third-order valence-electron chi connectivity index (χ3n) is 1.98. The smallest absolute Gasteiger partial charge is 0.163 e. The normalized spacial score (nSPS) is 9.50. The van der Waals surface area contributed by atoms with Gasteiger partial charge in [0.15, 0.2) is 5.78 Å². The molecule has 0 bridgehead atoms. The van der Waals surface area contributed by atoms with Crippen molar-refractivity contribution in [3.8, 4) is 12.3 Å². The van der Waals surface area contributed by atoms with E-state index in [9.17, 15) is 4.79 Å². The van der Waals surface area contributed by atoms with Gasteiger partial charge in [0.1, 0.15) is 0 Å². The molecule has 1 nitrogen and oxygen atoms in total. The van der Waals surface area contributed by atoms with Gasteiger partial charge in [0.25, 0.3) is 0 Å². The Hall–Kier alpha value is -1.07. The first-order valence-corrected chi connectivity index (χ1v) is 5.17. The molecule has 2 heteroatoms. The van der Waals surface area contributed by atoms with Crippen molar-refractivity contribution in [2.24, 2.45) is 0 Å². The van der Waals surface area contributed by atoms with Crippen LogP contribution in [0.1, 0.15) is 28.8 Å². The molecule has 0 atom stereocenters. The number of aryl methyl sites for hydroxylation is 1. The molecule has 0 aliphatic heterocycles. The van der Waals surface area contributed by atoms with E-state index in [4.69, 9.17) is 6.42 Å². The number of halogens is 1. The van der Waals surface area contributed by atoms with E-state index in [0.717, 1.165) is 15.6 Å². The maximum Gasteiger partial charge on any atom is 0.163 e. The average molecular weight is 251 g/mol. The Morgan fingerprint density at radius 3 is 2.86 bits per heavy atom. The molecular weight excluding hydrogens is 240 g/mol. The molecule has 0 aliphatic rings. The zero-order valence-corrected chi connectivity index (χ0v) is 9.60. The molecule has 0 N–H and O–H groups in total. The Balaban J connectivity index is 2.82.